The lowest BCUT2D eigenvalue weighted by atomic mass is 10.3. The van der Waals surface area contributed by atoms with Crippen molar-refractivity contribution in [1.29, 1.82) is 0 Å². The van der Waals surface area contributed by atoms with Crippen molar-refractivity contribution in [2.75, 3.05) is 11.9 Å². The van der Waals surface area contributed by atoms with E-state index in [4.69, 9.17) is 17.3 Å². The quantitative estimate of drug-likeness (QED) is 0.826. The Labute approximate surface area is 91.8 Å². The van der Waals surface area contributed by atoms with Crippen LogP contribution in [0, 0.1) is 5.82 Å². The Morgan fingerprint density at radius 1 is 1.57 bits per heavy atom. The van der Waals surface area contributed by atoms with E-state index in [9.17, 15) is 9.18 Å². The van der Waals surface area contributed by atoms with Gasteiger partial charge in [0.05, 0.1) is 11.6 Å². The van der Waals surface area contributed by atoms with Crippen molar-refractivity contribution in [2.24, 2.45) is 5.73 Å². The third-order valence-corrected chi connectivity index (χ3v) is 1.68. The smallest absolute Gasteiger partial charge is 0.238 e. The molecule has 0 atom stereocenters. The Morgan fingerprint density at radius 2 is 2.21 bits per heavy atom. The zero-order valence-corrected chi connectivity index (χ0v) is 8.66. The van der Waals surface area contributed by atoms with Gasteiger partial charge in [-0.3, -0.25) is 4.79 Å². The van der Waals surface area contributed by atoms with Crippen molar-refractivity contribution in [3.8, 4) is 0 Å². The highest BCUT2D eigenvalue weighted by molar-refractivity contribution is 6.31. The maximum atomic E-state index is 12.6. The molecule has 0 saturated carbocycles. The summed E-state index contributed by atoms with van der Waals surface area (Å²) in [5.41, 5.74) is 5.50. The number of benzene rings is 1. The molecule has 0 unspecified atom stereocenters. The largest absolute Gasteiger partial charge is 0.325 e. The summed E-state index contributed by atoms with van der Waals surface area (Å²) in [6.07, 6.45) is 0. The number of nitrogens with two attached hydrogens (primary N) is 1. The van der Waals surface area contributed by atoms with Crippen molar-refractivity contribution in [3.05, 3.63) is 29.0 Å². The second kappa shape index (κ2) is 5.80. The maximum absolute atomic E-state index is 12.6. The van der Waals surface area contributed by atoms with E-state index >= 15 is 0 Å². The number of rotatable bonds is 2. The van der Waals surface area contributed by atoms with E-state index < -0.39 is 5.82 Å². The highest BCUT2D eigenvalue weighted by Gasteiger charge is 2.02. The van der Waals surface area contributed by atoms with Gasteiger partial charge in [0.15, 0.2) is 0 Å². The molecule has 1 rings (SSSR count). The molecule has 1 aromatic rings. The lowest BCUT2D eigenvalue weighted by molar-refractivity contribution is -0.114. The van der Waals surface area contributed by atoms with Gasteiger partial charge in [0.25, 0.3) is 0 Å². The summed E-state index contributed by atoms with van der Waals surface area (Å²) < 4.78 is 12.6. The normalized spacial score (nSPS) is 9.07. The molecule has 78 valence electrons. The van der Waals surface area contributed by atoms with E-state index in [0.29, 0.717) is 5.69 Å². The van der Waals surface area contributed by atoms with Crippen LogP contribution in [0.5, 0.6) is 0 Å². The summed E-state index contributed by atoms with van der Waals surface area (Å²) in [5, 5.41) is 2.41. The van der Waals surface area contributed by atoms with Gasteiger partial charge in [-0.05, 0) is 18.2 Å². The van der Waals surface area contributed by atoms with Crippen LogP contribution in [0.2, 0.25) is 5.02 Å². The summed E-state index contributed by atoms with van der Waals surface area (Å²) in [6.45, 7) is -0.116. The first-order valence-electron chi connectivity index (χ1n) is 3.58. The Balaban J connectivity index is 0.00000169. The highest BCUT2D eigenvalue weighted by Crippen LogP contribution is 2.18. The van der Waals surface area contributed by atoms with E-state index in [0.717, 1.165) is 0 Å². The molecule has 0 saturated heterocycles. The van der Waals surface area contributed by atoms with Crippen molar-refractivity contribution in [2.45, 2.75) is 0 Å². The SMILES string of the molecule is Cl.NCC(=O)Nc1ccc(F)c(Cl)c1. The molecule has 0 aliphatic carbocycles. The second-order valence-electron chi connectivity index (χ2n) is 2.38. The minimum atomic E-state index is -0.521. The number of nitrogens with one attached hydrogen (secondary N) is 1. The van der Waals surface area contributed by atoms with Crippen LogP contribution in [0.15, 0.2) is 18.2 Å². The van der Waals surface area contributed by atoms with Crippen LogP contribution in [0.3, 0.4) is 0 Å². The van der Waals surface area contributed by atoms with Crippen molar-refractivity contribution in [3.63, 3.8) is 0 Å². The van der Waals surface area contributed by atoms with Crippen LogP contribution in [0.1, 0.15) is 0 Å². The highest BCUT2D eigenvalue weighted by atomic mass is 35.5. The second-order valence-corrected chi connectivity index (χ2v) is 2.79. The molecular formula is C8H9Cl2FN2O. The fourth-order valence-corrected chi connectivity index (χ4v) is 0.966. The van der Waals surface area contributed by atoms with Gasteiger partial charge in [0.2, 0.25) is 5.91 Å². The number of amides is 1. The van der Waals surface area contributed by atoms with Gasteiger partial charge >= 0.3 is 0 Å². The average Bonchev–Trinajstić information content (AvgIpc) is 2.11. The number of hydrogen-bond acceptors (Lipinski definition) is 2. The van der Waals surface area contributed by atoms with Gasteiger partial charge in [-0.2, -0.15) is 0 Å². The Kier molecular flexibility index (Phi) is 5.45. The van der Waals surface area contributed by atoms with E-state index in [1.165, 1.54) is 18.2 Å². The lowest BCUT2D eigenvalue weighted by Gasteiger charge is -2.03. The summed E-state index contributed by atoms with van der Waals surface area (Å²) in [4.78, 5) is 10.8. The van der Waals surface area contributed by atoms with Crippen molar-refractivity contribution < 1.29 is 9.18 Å². The first-order chi connectivity index (χ1) is 6.13. The molecular weight excluding hydrogens is 230 g/mol. The zero-order valence-electron chi connectivity index (χ0n) is 7.09. The number of hydrogen-bond donors (Lipinski definition) is 2. The molecule has 0 aliphatic heterocycles. The minimum absolute atomic E-state index is 0. The van der Waals surface area contributed by atoms with Gasteiger partial charge in [-0.15, -0.1) is 12.4 Å². The number of anilines is 1. The molecule has 3 N–H and O–H groups in total. The molecule has 1 amide bonds. The summed E-state index contributed by atoms with van der Waals surface area (Å²) in [7, 11) is 0. The molecule has 14 heavy (non-hydrogen) atoms. The molecule has 0 heterocycles. The van der Waals surface area contributed by atoms with Crippen LogP contribution >= 0.6 is 24.0 Å². The third kappa shape index (κ3) is 3.49. The minimum Gasteiger partial charge on any atom is -0.325 e. The molecule has 0 aliphatic rings. The number of carbonyl (C=O) groups excluding carboxylic acids is 1. The lowest BCUT2D eigenvalue weighted by Crippen LogP contribution is -2.21. The first-order valence-corrected chi connectivity index (χ1v) is 3.96. The zero-order chi connectivity index (χ0) is 9.84. The molecule has 0 spiro atoms. The molecule has 0 radical (unpaired) electrons. The predicted molar refractivity (Wildman–Crippen MR) is 56.3 cm³/mol. The Hall–Kier alpha value is -0.840. The van der Waals surface area contributed by atoms with Gasteiger partial charge in [0.1, 0.15) is 5.82 Å². The molecule has 0 bridgehead atoms. The third-order valence-electron chi connectivity index (χ3n) is 1.39. The van der Waals surface area contributed by atoms with Gasteiger partial charge < -0.3 is 11.1 Å². The standard InChI is InChI=1S/C8H8ClFN2O.ClH/c9-6-3-5(1-2-7(6)10)12-8(13)4-11;/h1-3H,4,11H2,(H,12,13);1H. The predicted octanol–water partition coefficient (Wildman–Crippen LogP) is 1.80. The van der Waals surface area contributed by atoms with Crippen LogP contribution < -0.4 is 11.1 Å². The number of carbonyl (C=O) groups is 1. The summed E-state index contributed by atoms with van der Waals surface area (Å²) in [5.74, 6) is -0.866. The van der Waals surface area contributed by atoms with Crippen molar-refractivity contribution >= 4 is 35.6 Å². The van der Waals surface area contributed by atoms with Crippen molar-refractivity contribution in [1.82, 2.24) is 0 Å². The molecule has 0 aromatic heterocycles. The van der Waals surface area contributed by atoms with E-state index in [2.05, 4.69) is 5.32 Å². The van der Waals surface area contributed by atoms with Gasteiger partial charge in [-0.1, -0.05) is 11.6 Å². The number of halogens is 3. The van der Waals surface area contributed by atoms with E-state index in [-0.39, 0.29) is 29.9 Å². The van der Waals surface area contributed by atoms with Crippen LogP contribution in [-0.2, 0) is 4.79 Å². The molecule has 0 fully saturated rings. The molecule has 1 aromatic carbocycles. The summed E-state index contributed by atoms with van der Waals surface area (Å²) in [6, 6.07) is 3.91. The van der Waals surface area contributed by atoms with Crippen LogP contribution in [0.25, 0.3) is 0 Å². The van der Waals surface area contributed by atoms with Crippen LogP contribution in [-0.4, -0.2) is 12.5 Å². The fourth-order valence-electron chi connectivity index (χ4n) is 0.786. The maximum Gasteiger partial charge on any atom is 0.238 e. The van der Waals surface area contributed by atoms with E-state index in [1.807, 2.05) is 0 Å². The monoisotopic (exact) mass is 238 g/mol. The molecule has 6 heteroatoms. The summed E-state index contributed by atoms with van der Waals surface area (Å²) >= 11 is 5.48. The van der Waals surface area contributed by atoms with Gasteiger partial charge in [-0.25, -0.2) is 4.39 Å². The first kappa shape index (κ1) is 13.2. The average molecular weight is 239 g/mol. The van der Waals surface area contributed by atoms with Crippen LogP contribution in [0.4, 0.5) is 10.1 Å². The van der Waals surface area contributed by atoms with Gasteiger partial charge in [0, 0.05) is 5.69 Å². The topological polar surface area (TPSA) is 55.1 Å². The fraction of sp³-hybridized carbons (Fsp3) is 0.125. The Morgan fingerprint density at radius 3 is 2.71 bits per heavy atom. The molecule has 3 nitrogen and oxygen atoms in total. The van der Waals surface area contributed by atoms with E-state index in [1.54, 1.807) is 0 Å². The Bertz CT molecular complexity index is 333.